The molecule has 0 aliphatic heterocycles. The van der Waals surface area contributed by atoms with Gasteiger partial charge in [-0.1, -0.05) is 0 Å². The molecule has 8 heteroatoms. The zero-order valence-electron chi connectivity index (χ0n) is 13.6. The highest BCUT2D eigenvalue weighted by molar-refractivity contribution is 5.71. The molecule has 4 aromatic rings. The number of pyridine rings is 1. The molecule has 132 valence electrons. The van der Waals surface area contributed by atoms with Crippen LogP contribution in [-0.2, 0) is 13.1 Å². The van der Waals surface area contributed by atoms with Crippen LogP contribution in [0.25, 0.3) is 22.6 Å². The fraction of sp³-hybridized carbons (Fsp3) is 0.167. The van der Waals surface area contributed by atoms with Crippen molar-refractivity contribution in [3.63, 3.8) is 0 Å². The molecule has 0 spiro atoms. The Labute approximate surface area is 146 Å². The van der Waals surface area contributed by atoms with Crippen molar-refractivity contribution in [3.8, 4) is 11.4 Å². The van der Waals surface area contributed by atoms with Crippen molar-refractivity contribution in [1.29, 1.82) is 0 Å². The van der Waals surface area contributed by atoms with Gasteiger partial charge in [-0.05, 0) is 30.3 Å². The van der Waals surface area contributed by atoms with Gasteiger partial charge in [0.2, 0.25) is 0 Å². The quantitative estimate of drug-likeness (QED) is 0.548. The minimum atomic E-state index is -0.939. The SMILES string of the molecule is FCCn1c(Cn2ccnc2-c2ccc(F)c(F)c2)nc2cccnc21. The predicted octanol–water partition coefficient (Wildman–Crippen LogP) is 3.59. The van der Waals surface area contributed by atoms with Gasteiger partial charge in [-0.2, -0.15) is 0 Å². The van der Waals surface area contributed by atoms with Gasteiger partial charge >= 0.3 is 0 Å². The first-order valence-corrected chi connectivity index (χ1v) is 8.00. The van der Waals surface area contributed by atoms with Crippen LogP contribution in [0.4, 0.5) is 13.2 Å². The van der Waals surface area contributed by atoms with Crippen LogP contribution in [0.2, 0.25) is 0 Å². The van der Waals surface area contributed by atoms with Gasteiger partial charge in [0.05, 0.1) is 13.1 Å². The van der Waals surface area contributed by atoms with Gasteiger partial charge in [0, 0.05) is 24.2 Å². The van der Waals surface area contributed by atoms with Gasteiger partial charge < -0.3 is 9.13 Å². The maximum atomic E-state index is 13.6. The Balaban J connectivity index is 1.75. The number of imidazole rings is 2. The van der Waals surface area contributed by atoms with E-state index in [2.05, 4.69) is 15.0 Å². The first kappa shape index (κ1) is 16.3. The smallest absolute Gasteiger partial charge is 0.160 e. The molecule has 0 unspecified atom stereocenters. The highest BCUT2D eigenvalue weighted by atomic mass is 19.2. The summed E-state index contributed by atoms with van der Waals surface area (Å²) in [6.45, 7) is -0.113. The number of hydrogen-bond acceptors (Lipinski definition) is 3. The summed E-state index contributed by atoms with van der Waals surface area (Å²) in [5.74, 6) is -0.775. The van der Waals surface area contributed by atoms with Crippen molar-refractivity contribution in [1.82, 2.24) is 24.1 Å². The summed E-state index contributed by atoms with van der Waals surface area (Å²) in [5, 5.41) is 0. The maximum Gasteiger partial charge on any atom is 0.160 e. The fourth-order valence-corrected chi connectivity index (χ4v) is 2.93. The first-order chi connectivity index (χ1) is 12.7. The van der Waals surface area contributed by atoms with Crippen molar-refractivity contribution in [2.75, 3.05) is 6.67 Å². The largest absolute Gasteiger partial charge is 0.323 e. The van der Waals surface area contributed by atoms with E-state index in [1.165, 1.54) is 6.07 Å². The van der Waals surface area contributed by atoms with E-state index < -0.39 is 18.3 Å². The van der Waals surface area contributed by atoms with E-state index in [4.69, 9.17) is 0 Å². The summed E-state index contributed by atoms with van der Waals surface area (Å²) in [6, 6.07) is 7.20. The molecule has 0 amide bonds. The van der Waals surface area contributed by atoms with Crippen molar-refractivity contribution < 1.29 is 13.2 Å². The molecular weight excluding hydrogens is 343 g/mol. The molecule has 0 saturated heterocycles. The lowest BCUT2D eigenvalue weighted by atomic mass is 10.2. The number of aromatic nitrogens is 5. The molecule has 3 heterocycles. The van der Waals surface area contributed by atoms with E-state index in [-0.39, 0.29) is 6.54 Å². The lowest BCUT2D eigenvalue weighted by molar-refractivity contribution is 0.441. The average molecular weight is 357 g/mol. The number of nitrogens with zero attached hydrogens (tertiary/aromatic N) is 5. The van der Waals surface area contributed by atoms with Gasteiger partial charge in [0.15, 0.2) is 17.3 Å². The molecule has 0 fully saturated rings. The number of alkyl halides is 1. The van der Waals surface area contributed by atoms with Crippen LogP contribution in [0.1, 0.15) is 5.82 Å². The number of benzene rings is 1. The zero-order chi connectivity index (χ0) is 18.1. The van der Waals surface area contributed by atoms with Gasteiger partial charge in [0.1, 0.15) is 23.8 Å². The minimum Gasteiger partial charge on any atom is -0.323 e. The van der Waals surface area contributed by atoms with Gasteiger partial charge in [-0.3, -0.25) is 0 Å². The molecule has 0 bridgehead atoms. The first-order valence-electron chi connectivity index (χ1n) is 8.00. The third-order valence-electron chi connectivity index (χ3n) is 4.10. The van der Waals surface area contributed by atoms with E-state index in [0.717, 1.165) is 12.1 Å². The number of fused-ring (bicyclic) bond motifs is 1. The van der Waals surface area contributed by atoms with Crippen molar-refractivity contribution in [3.05, 3.63) is 66.4 Å². The molecule has 0 radical (unpaired) electrons. The molecule has 5 nitrogen and oxygen atoms in total. The normalized spacial score (nSPS) is 11.3. The standard InChI is InChI=1S/C18H14F3N5/c19-5-8-26-16(24-15-2-1-6-22-18(15)26)11-25-9-7-23-17(25)12-3-4-13(20)14(21)10-12/h1-4,6-7,9-10H,5,8,11H2. The van der Waals surface area contributed by atoms with Crippen LogP contribution in [0.5, 0.6) is 0 Å². The van der Waals surface area contributed by atoms with E-state index in [1.54, 1.807) is 33.8 Å². The highest BCUT2D eigenvalue weighted by Gasteiger charge is 2.15. The fourth-order valence-electron chi connectivity index (χ4n) is 2.93. The van der Waals surface area contributed by atoms with E-state index in [0.29, 0.717) is 34.9 Å². The molecular formula is C18H14F3N5. The molecule has 26 heavy (non-hydrogen) atoms. The molecule has 3 aromatic heterocycles. The van der Waals surface area contributed by atoms with Crippen LogP contribution < -0.4 is 0 Å². The number of aryl methyl sites for hydroxylation is 1. The Morgan fingerprint density at radius 2 is 1.88 bits per heavy atom. The molecule has 0 saturated carbocycles. The molecule has 0 atom stereocenters. The highest BCUT2D eigenvalue weighted by Crippen LogP contribution is 2.22. The topological polar surface area (TPSA) is 48.5 Å². The number of rotatable bonds is 5. The second-order valence-corrected chi connectivity index (χ2v) is 5.72. The predicted molar refractivity (Wildman–Crippen MR) is 90.2 cm³/mol. The Morgan fingerprint density at radius 3 is 2.69 bits per heavy atom. The molecule has 0 aliphatic rings. The van der Waals surface area contributed by atoms with Crippen LogP contribution in [0.3, 0.4) is 0 Å². The van der Waals surface area contributed by atoms with Crippen LogP contribution in [0, 0.1) is 11.6 Å². The lowest BCUT2D eigenvalue weighted by Crippen LogP contribution is -2.11. The van der Waals surface area contributed by atoms with Gasteiger partial charge in [-0.25, -0.2) is 28.1 Å². The molecule has 4 rings (SSSR count). The summed E-state index contributed by atoms with van der Waals surface area (Å²) in [5.41, 5.74) is 1.72. The van der Waals surface area contributed by atoms with Crippen molar-refractivity contribution in [2.45, 2.75) is 13.1 Å². The Hall–Kier alpha value is -3.16. The Bertz CT molecular complexity index is 1070. The third kappa shape index (κ3) is 2.83. The number of hydrogen-bond donors (Lipinski definition) is 0. The van der Waals surface area contributed by atoms with Crippen LogP contribution >= 0.6 is 0 Å². The summed E-state index contributed by atoms with van der Waals surface area (Å²) in [6.07, 6.45) is 4.91. The Kier molecular flexibility index (Phi) is 4.16. The van der Waals surface area contributed by atoms with Crippen molar-refractivity contribution in [2.24, 2.45) is 0 Å². The molecule has 1 aromatic carbocycles. The van der Waals surface area contributed by atoms with E-state index >= 15 is 0 Å². The van der Waals surface area contributed by atoms with Crippen LogP contribution in [0.15, 0.2) is 48.9 Å². The van der Waals surface area contributed by atoms with Crippen LogP contribution in [-0.4, -0.2) is 30.8 Å². The zero-order valence-corrected chi connectivity index (χ0v) is 13.6. The average Bonchev–Trinajstić information content (AvgIpc) is 3.23. The van der Waals surface area contributed by atoms with E-state index in [1.807, 2.05) is 6.07 Å². The summed E-state index contributed by atoms with van der Waals surface area (Å²) in [7, 11) is 0. The van der Waals surface area contributed by atoms with E-state index in [9.17, 15) is 13.2 Å². The third-order valence-corrected chi connectivity index (χ3v) is 4.10. The monoisotopic (exact) mass is 357 g/mol. The maximum absolute atomic E-state index is 13.6. The molecule has 0 N–H and O–H groups in total. The second-order valence-electron chi connectivity index (χ2n) is 5.72. The van der Waals surface area contributed by atoms with Gasteiger partial charge in [0.25, 0.3) is 0 Å². The Morgan fingerprint density at radius 1 is 1.00 bits per heavy atom. The summed E-state index contributed by atoms with van der Waals surface area (Å²) >= 11 is 0. The summed E-state index contributed by atoms with van der Waals surface area (Å²) < 4.78 is 43.2. The van der Waals surface area contributed by atoms with Crippen molar-refractivity contribution >= 4 is 11.2 Å². The number of halogens is 3. The van der Waals surface area contributed by atoms with Gasteiger partial charge in [-0.15, -0.1) is 0 Å². The molecule has 0 aliphatic carbocycles. The lowest BCUT2D eigenvalue weighted by Gasteiger charge is -2.10. The second kappa shape index (κ2) is 6.62. The summed E-state index contributed by atoms with van der Waals surface area (Å²) in [4.78, 5) is 13.0. The minimum absolute atomic E-state index is 0.137.